The number of rotatable bonds is 1. The van der Waals surface area contributed by atoms with Crippen molar-refractivity contribution in [1.29, 1.82) is 0 Å². The molecule has 2 rings (SSSR count). The zero-order valence-electron chi connectivity index (χ0n) is 7.22. The van der Waals surface area contributed by atoms with Gasteiger partial charge < -0.3 is 0 Å². The second-order valence-electron chi connectivity index (χ2n) is 2.88. The lowest BCUT2D eigenvalue weighted by molar-refractivity contribution is 0.0966. The molecule has 6 heteroatoms. The van der Waals surface area contributed by atoms with Crippen LogP contribution in [0.25, 0.3) is 0 Å². The molecule has 0 saturated carbocycles. The first-order chi connectivity index (χ1) is 6.75. The van der Waals surface area contributed by atoms with E-state index in [1.165, 1.54) is 0 Å². The Balaban J connectivity index is 2.17. The highest BCUT2D eigenvalue weighted by atomic mass is 79.9. The van der Waals surface area contributed by atoms with Gasteiger partial charge in [0.15, 0.2) is 0 Å². The van der Waals surface area contributed by atoms with Crippen LogP contribution in [-0.2, 0) is 13.6 Å². The number of pyridine rings is 1. The van der Waals surface area contributed by atoms with Gasteiger partial charge >= 0.3 is 8.25 Å². The Hall–Kier alpha value is -0.350. The van der Waals surface area contributed by atoms with Crippen LogP contribution in [0.5, 0.6) is 0 Å². The molecule has 1 fully saturated rings. The van der Waals surface area contributed by atoms with Crippen molar-refractivity contribution in [1.82, 2.24) is 4.98 Å². The average molecular weight is 277 g/mol. The van der Waals surface area contributed by atoms with Crippen LogP contribution in [0.3, 0.4) is 0 Å². The predicted molar refractivity (Wildman–Crippen MR) is 53.9 cm³/mol. The Labute approximate surface area is 90.7 Å². The Kier molecular flexibility index (Phi) is 3.23. The van der Waals surface area contributed by atoms with E-state index in [9.17, 15) is 4.57 Å². The molecule has 0 spiro atoms. The van der Waals surface area contributed by atoms with Gasteiger partial charge in [-0.1, -0.05) is 0 Å². The minimum Gasteiger partial charge on any atom is -0.263 e. The van der Waals surface area contributed by atoms with E-state index in [0.717, 1.165) is 10.0 Å². The summed E-state index contributed by atoms with van der Waals surface area (Å²) in [4.78, 5) is 4.02. The largest absolute Gasteiger partial charge is 0.698 e. The van der Waals surface area contributed by atoms with E-state index in [2.05, 4.69) is 20.9 Å². The smallest absolute Gasteiger partial charge is 0.263 e. The summed E-state index contributed by atoms with van der Waals surface area (Å²) >= 11 is 3.32. The maximum Gasteiger partial charge on any atom is 0.698 e. The third-order valence-corrected chi connectivity index (χ3v) is 3.14. The number of nitrogens with zero attached hydrogens (tertiary/aromatic N) is 1. The first-order valence-corrected chi connectivity index (χ1v) is 6.02. The van der Waals surface area contributed by atoms with Gasteiger partial charge in [0.05, 0.1) is 0 Å². The van der Waals surface area contributed by atoms with Crippen LogP contribution in [0.15, 0.2) is 22.9 Å². The van der Waals surface area contributed by atoms with Crippen molar-refractivity contribution in [3.8, 4) is 0 Å². The fraction of sp³-hybridized carbons (Fsp3) is 0.375. The Bertz CT molecular complexity index is 360. The van der Waals surface area contributed by atoms with E-state index in [1.54, 1.807) is 12.4 Å². The van der Waals surface area contributed by atoms with Gasteiger partial charge in [0, 0.05) is 33.4 Å². The number of hydrogen-bond donors (Lipinski definition) is 0. The second-order valence-corrected chi connectivity index (χ2v) is 4.71. The van der Waals surface area contributed by atoms with Crippen LogP contribution in [0.4, 0.5) is 0 Å². The topological polar surface area (TPSA) is 48.4 Å². The van der Waals surface area contributed by atoms with E-state index >= 15 is 0 Å². The van der Waals surface area contributed by atoms with Crippen molar-refractivity contribution in [2.45, 2.75) is 12.5 Å². The fourth-order valence-corrected chi connectivity index (χ4v) is 2.39. The molecule has 0 aromatic carbocycles. The minimum atomic E-state index is -1.96. The first-order valence-electron chi connectivity index (χ1n) is 4.13. The SMILES string of the molecule is O=[P+]1OCC[C@@H](c2cncc(Br)c2)O1. The van der Waals surface area contributed by atoms with Crippen LogP contribution in [0.2, 0.25) is 0 Å². The zero-order chi connectivity index (χ0) is 9.97. The summed E-state index contributed by atoms with van der Waals surface area (Å²) in [7, 11) is -1.96. The second kappa shape index (κ2) is 4.45. The van der Waals surface area contributed by atoms with Gasteiger partial charge in [-0.2, -0.15) is 0 Å². The molecular formula is C8H8BrNO3P+. The van der Waals surface area contributed by atoms with E-state index < -0.39 is 8.25 Å². The van der Waals surface area contributed by atoms with Crippen LogP contribution < -0.4 is 0 Å². The van der Waals surface area contributed by atoms with E-state index in [1.807, 2.05) is 6.07 Å². The molecule has 0 bridgehead atoms. The Morgan fingerprint density at radius 2 is 2.43 bits per heavy atom. The van der Waals surface area contributed by atoms with Gasteiger partial charge in [0.2, 0.25) is 0 Å². The highest BCUT2D eigenvalue weighted by Crippen LogP contribution is 2.39. The molecule has 2 atom stereocenters. The maximum atomic E-state index is 11.0. The zero-order valence-corrected chi connectivity index (χ0v) is 9.70. The molecule has 1 aliphatic rings. The summed E-state index contributed by atoms with van der Waals surface area (Å²) in [6.07, 6.45) is 3.95. The average Bonchev–Trinajstić information content (AvgIpc) is 2.18. The van der Waals surface area contributed by atoms with Gasteiger partial charge in [-0.25, -0.2) is 0 Å². The van der Waals surface area contributed by atoms with Crippen molar-refractivity contribution in [3.63, 3.8) is 0 Å². The van der Waals surface area contributed by atoms with Gasteiger partial charge in [0.1, 0.15) is 12.7 Å². The van der Waals surface area contributed by atoms with Gasteiger partial charge in [-0.3, -0.25) is 4.98 Å². The van der Waals surface area contributed by atoms with Crippen molar-refractivity contribution in [3.05, 3.63) is 28.5 Å². The molecule has 1 aromatic rings. The lowest BCUT2D eigenvalue weighted by Gasteiger charge is -2.12. The van der Waals surface area contributed by atoms with Crippen molar-refractivity contribution < 1.29 is 13.6 Å². The van der Waals surface area contributed by atoms with E-state index in [-0.39, 0.29) is 6.10 Å². The molecule has 14 heavy (non-hydrogen) atoms. The van der Waals surface area contributed by atoms with E-state index in [0.29, 0.717) is 13.0 Å². The lowest BCUT2D eigenvalue weighted by atomic mass is 10.1. The maximum absolute atomic E-state index is 11.0. The molecule has 0 N–H and O–H groups in total. The van der Waals surface area contributed by atoms with Gasteiger partial charge in [-0.05, 0) is 22.0 Å². The summed E-state index contributed by atoms with van der Waals surface area (Å²) < 4.78 is 21.9. The highest BCUT2D eigenvalue weighted by molar-refractivity contribution is 9.10. The molecule has 1 unspecified atom stereocenters. The normalized spacial score (nSPS) is 24.9. The lowest BCUT2D eigenvalue weighted by Crippen LogP contribution is -2.09. The van der Waals surface area contributed by atoms with Crippen molar-refractivity contribution >= 4 is 24.2 Å². The van der Waals surface area contributed by atoms with Crippen molar-refractivity contribution in [2.24, 2.45) is 0 Å². The summed E-state index contributed by atoms with van der Waals surface area (Å²) in [5, 5.41) is 0. The summed E-state index contributed by atoms with van der Waals surface area (Å²) in [5.41, 5.74) is 0.922. The monoisotopic (exact) mass is 276 g/mol. The quantitative estimate of drug-likeness (QED) is 0.740. The van der Waals surface area contributed by atoms with E-state index in [4.69, 9.17) is 9.05 Å². The molecule has 1 aliphatic heterocycles. The molecule has 1 saturated heterocycles. The van der Waals surface area contributed by atoms with Crippen molar-refractivity contribution in [2.75, 3.05) is 6.61 Å². The molecule has 0 aliphatic carbocycles. The van der Waals surface area contributed by atoms with Gasteiger partial charge in [-0.15, -0.1) is 9.05 Å². The predicted octanol–water partition coefficient (Wildman–Crippen LogP) is 2.98. The standard InChI is InChI=1S/C8H8BrNO3P/c9-7-3-6(4-10-5-7)8-1-2-12-14(11)13-8/h3-5,8H,1-2H2/q+1/t8-/m0/s1. The Morgan fingerprint density at radius 3 is 3.14 bits per heavy atom. The minimum absolute atomic E-state index is 0.169. The molecule has 74 valence electrons. The fourth-order valence-electron chi connectivity index (χ4n) is 1.25. The van der Waals surface area contributed by atoms with Crippen LogP contribution in [0, 0.1) is 0 Å². The highest BCUT2D eigenvalue weighted by Gasteiger charge is 2.34. The third-order valence-electron chi connectivity index (χ3n) is 1.89. The summed E-state index contributed by atoms with van der Waals surface area (Å²) in [6, 6.07) is 1.91. The van der Waals surface area contributed by atoms with Gasteiger partial charge in [0.25, 0.3) is 0 Å². The molecule has 0 radical (unpaired) electrons. The van der Waals surface area contributed by atoms with Crippen LogP contribution in [0.1, 0.15) is 18.1 Å². The first kappa shape index (κ1) is 10.2. The summed E-state index contributed by atoms with van der Waals surface area (Å²) in [5.74, 6) is 0. The number of halogens is 1. The van der Waals surface area contributed by atoms with Crippen LogP contribution in [-0.4, -0.2) is 11.6 Å². The Morgan fingerprint density at radius 1 is 1.57 bits per heavy atom. The molecule has 0 amide bonds. The molecule has 1 aromatic heterocycles. The van der Waals surface area contributed by atoms with Crippen LogP contribution >= 0.6 is 24.2 Å². The number of hydrogen-bond acceptors (Lipinski definition) is 4. The molecular weight excluding hydrogens is 269 g/mol. The molecule has 4 nitrogen and oxygen atoms in total. The number of aromatic nitrogens is 1. The molecule has 2 heterocycles. The third kappa shape index (κ3) is 2.36. The summed E-state index contributed by atoms with van der Waals surface area (Å²) in [6.45, 7) is 0.465.